The fourth-order valence-corrected chi connectivity index (χ4v) is 5.78. The first-order valence-corrected chi connectivity index (χ1v) is 14.7. The molecule has 4 rings (SSSR count). The van der Waals surface area contributed by atoms with Gasteiger partial charge in [0.05, 0.1) is 12.0 Å². The normalized spacial score (nSPS) is 16.7. The maximum Gasteiger partial charge on any atom is 0.240 e. The smallest absolute Gasteiger partial charge is 0.240 e. The van der Waals surface area contributed by atoms with Gasteiger partial charge in [-0.15, -0.1) is 0 Å². The van der Waals surface area contributed by atoms with Crippen LogP contribution < -0.4 is 16.8 Å². The third kappa shape index (κ3) is 7.66. The number of rotatable bonds is 12. The lowest BCUT2D eigenvalue weighted by atomic mass is 9.79. The topological polar surface area (TPSA) is 136 Å². The fourth-order valence-electron chi connectivity index (χ4n) is 5.66. The number of nitrogens with two attached hydrogens (primary N) is 2. The van der Waals surface area contributed by atoms with Crippen molar-refractivity contribution in [1.82, 2.24) is 4.90 Å². The number of halogens is 2. The molecule has 8 nitrogen and oxygen atoms in total. The summed E-state index contributed by atoms with van der Waals surface area (Å²) in [5, 5.41) is 3.54. The van der Waals surface area contributed by atoms with Crippen molar-refractivity contribution in [3.05, 3.63) is 99.8 Å². The summed E-state index contributed by atoms with van der Waals surface area (Å²) < 4.78 is 13.4. The minimum atomic E-state index is -1.02. The highest BCUT2D eigenvalue weighted by Crippen LogP contribution is 2.41. The Kier molecular flexibility index (Phi) is 10.7. The highest BCUT2D eigenvalue weighted by atomic mass is 35.5. The first kappa shape index (κ1) is 31.8. The Hall–Kier alpha value is -4.08. The van der Waals surface area contributed by atoms with Gasteiger partial charge in [-0.25, -0.2) is 4.39 Å². The SMILES string of the molecule is Cc1cc(NC(=O)[C@@H](CCCCN)C2c3ccccc3CC(C(N)=O)N2C(=O)CCC(=O)c2ccc(F)cc2)ccc1Cl. The molecular formula is C33H36ClFN4O4. The molecule has 0 spiro atoms. The zero-order chi connectivity index (χ0) is 31.1. The zero-order valence-electron chi connectivity index (χ0n) is 24.0. The van der Waals surface area contributed by atoms with Crippen LogP contribution in [0.4, 0.5) is 10.1 Å². The van der Waals surface area contributed by atoms with Gasteiger partial charge in [-0.05, 0) is 85.5 Å². The van der Waals surface area contributed by atoms with E-state index < -0.39 is 35.6 Å². The summed E-state index contributed by atoms with van der Waals surface area (Å²) >= 11 is 6.19. The summed E-state index contributed by atoms with van der Waals surface area (Å²) in [4.78, 5) is 55.1. The zero-order valence-corrected chi connectivity index (χ0v) is 24.8. The third-order valence-electron chi connectivity index (χ3n) is 7.88. The molecule has 3 atom stereocenters. The molecule has 1 heterocycles. The molecule has 1 aliphatic heterocycles. The molecule has 3 aromatic rings. The number of amides is 3. The lowest BCUT2D eigenvalue weighted by molar-refractivity contribution is -0.146. The molecule has 1 aliphatic rings. The van der Waals surface area contributed by atoms with Gasteiger partial charge in [-0.2, -0.15) is 0 Å². The molecule has 2 unspecified atom stereocenters. The van der Waals surface area contributed by atoms with Crippen LogP contribution in [0.15, 0.2) is 66.7 Å². The number of hydrogen-bond donors (Lipinski definition) is 3. The molecular weight excluding hydrogens is 571 g/mol. The summed E-state index contributed by atoms with van der Waals surface area (Å²) in [6, 6.07) is 15.8. The van der Waals surface area contributed by atoms with Crippen LogP contribution in [0.5, 0.6) is 0 Å². The molecule has 0 radical (unpaired) electrons. The molecule has 226 valence electrons. The average Bonchev–Trinajstić information content (AvgIpc) is 2.99. The van der Waals surface area contributed by atoms with Crippen LogP contribution in [0.1, 0.15) is 65.2 Å². The van der Waals surface area contributed by atoms with Crippen LogP contribution in [-0.2, 0) is 20.8 Å². The van der Waals surface area contributed by atoms with Crippen LogP contribution in [-0.4, -0.2) is 41.0 Å². The van der Waals surface area contributed by atoms with E-state index in [0.29, 0.717) is 36.5 Å². The van der Waals surface area contributed by atoms with E-state index in [1.165, 1.54) is 29.2 Å². The van der Waals surface area contributed by atoms with E-state index in [-0.39, 0.29) is 36.5 Å². The summed E-state index contributed by atoms with van der Waals surface area (Å²) in [5.41, 5.74) is 14.8. The van der Waals surface area contributed by atoms with Crippen molar-refractivity contribution in [2.45, 2.75) is 57.5 Å². The predicted molar refractivity (Wildman–Crippen MR) is 164 cm³/mol. The van der Waals surface area contributed by atoms with Crippen molar-refractivity contribution < 1.29 is 23.6 Å². The average molecular weight is 607 g/mol. The quantitative estimate of drug-likeness (QED) is 0.194. The summed E-state index contributed by atoms with van der Waals surface area (Å²) in [5.74, 6) is -3.08. The second-order valence-electron chi connectivity index (χ2n) is 10.8. The highest BCUT2D eigenvalue weighted by Gasteiger charge is 2.45. The number of anilines is 1. The number of unbranched alkanes of at least 4 members (excludes halogenated alkanes) is 1. The minimum absolute atomic E-state index is 0.158. The van der Waals surface area contributed by atoms with E-state index in [4.69, 9.17) is 23.1 Å². The van der Waals surface area contributed by atoms with Gasteiger partial charge in [-0.1, -0.05) is 42.3 Å². The van der Waals surface area contributed by atoms with E-state index in [2.05, 4.69) is 5.32 Å². The monoisotopic (exact) mass is 606 g/mol. The van der Waals surface area contributed by atoms with Crippen molar-refractivity contribution in [1.29, 1.82) is 0 Å². The molecule has 3 amide bonds. The van der Waals surface area contributed by atoms with Gasteiger partial charge in [0.2, 0.25) is 17.7 Å². The largest absolute Gasteiger partial charge is 0.368 e. The number of Topliss-reactive ketones (excluding diaryl/α,β-unsaturated/α-hetero) is 1. The number of carbonyl (C=O) groups is 4. The Morgan fingerprint density at radius 1 is 1.02 bits per heavy atom. The third-order valence-corrected chi connectivity index (χ3v) is 8.31. The molecule has 10 heteroatoms. The first-order chi connectivity index (χ1) is 20.6. The second kappa shape index (κ2) is 14.4. The number of benzene rings is 3. The molecule has 0 bridgehead atoms. The van der Waals surface area contributed by atoms with Gasteiger partial charge in [-0.3, -0.25) is 19.2 Å². The lowest BCUT2D eigenvalue weighted by Crippen LogP contribution is -2.56. The van der Waals surface area contributed by atoms with E-state index in [1.807, 2.05) is 31.2 Å². The lowest BCUT2D eigenvalue weighted by Gasteiger charge is -2.45. The van der Waals surface area contributed by atoms with E-state index in [0.717, 1.165) is 16.7 Å². The molecule has 0 saturated heterocycles. The number of aryl methyl sites for hydroxylation is 1. The Bertz CT molecular complexity index is 1500. The number of hydrogen-bond acceptors (Lipinski definition) is 5. The van der Waals surface area contributed by atoms with Crippen LogP contribution in [0, 0.1) is 18.7 Å². The number of carbonyl (C=O) groups excluding carboxylic acids is 4. The molecule has 5 N–H and O–H groups in total. The van der Waals surface area contributed by atoms with Crippen LogP contribution in [0.25, 0.3) is 0 Å². The maximum atomic E-state index is 14.0. The fraction of sp³-hybridized carbons (Fsp3) is 0.333. The van der Waals surface area contributed by atoms with Crippen molar-refractivity contribution in [3.63, 3.8) is 0 Å². The Morgan fingerprint density at radius 3 is 2.42 bits per heavy atom. The Balaban J connectivity index is 1.71. The van der Waals surface area contributed by atoms with Crippen LogP contribution in [0.3, 0.4) is 0 Å². The van der Waals surface area contributed by atoms with Crippen molar-refractivity contribution in [2.75, 3.05) is 11.9 Å². The number of nitrogens with zero attached hydrogens (tertiary/aromatic N) is 1. The van der Waals surface area contributed by atoms with Gasteiger partial charge in [0.25, 0.3) is 0 Å². The van der Waals surface area contributed by atoms with Gasteiger partial charge in [0, 0.05) is 35.5 Å². The number of nitrogens with one attached hydrogen (secondary N) is 1. The summed E-state index contributed by atoms with van der Waals surface area (Å²) in [6.45, 7) is 2.27. The second-order valence-corrected chi connectivity index (χ2v) is 11.2. The first-order valence-electron chi connectivity index (χ1n) is 14.3. The summed E-state index contributed by atoms with van der Waals surface area (Å²) in [7, 11) is 0. The van der Waals surface area contributed by atoms with Crippen LogP contribution >= 0.6 is 11.6 Å². The van der Waals surface area contributed by atoms with Crippen molar-refractivity contribution in [3.8, 4) is 0 Å². The molecule has 0 aromatic heterocycles. The Labute approximate surface area is 255 Å². The summed E-state index contributed by atoms with van der Waals surface area (Å²) in [6.07, 6.45) is 1.48. The van der Waals surface area contributed by atoms with Crippen molar-refractivity contribution in [2.24, 2.45) is 17.4 Å². The highest BCUT2D eigenvalue weighted by molar-refractivity contribution is 6.31. The van der Waals surface area contributed by atoms with Gasteiger partial charge in [0.15, 0.2) is 5.78 Å². The van der Waals surface area contributed by atoms with Gasteiger partial charge >= 0.3 is 0 Å². The predicted octanol–water partition coefficient (Wildman–Crippen LogP) is 5.11. The number of ketones is 1. The molecule has 3 aromatic carbocycles. The standard InChI is InChI=1S/C33H36ClFN4O4/c1-20-18-24(13-14-27(20)34)38-33(43)26(8-4-5-17-36)31-25-7-3-2-6-22(25)19-28(32(37)42)39(31)30(41)16-15-29(40)21-9-11-23(35)12-10-21/h2-3,6-7,9-14,18,26,28,31H,4-5,8,15-17,19,36H2,1H3,(H2,37,42)(H,38,43)/t26-,28?,31?/m0/s1. The number of fused-ring (bicyclic) bond motifs is 1. The maximum absolute atomic E-state index is 14.0. The minimum Gasteiger partial charge on any atom is -0.368 e. The number of primary amides is 1. The van der Waals surface area contributed by atoms with Gasteiger partial charge in [0.1, 0.15) is 11.9 Å². The molecule has 0 fully saturated rings. The van der Waals surface area contributed by atoms with Crippen LogP contribution in [0.2, 0.25) is 5.02 Å². The molecule has 0 aliphatic carbocycles. The molecule has 0 saturated carbocycles. The van der Waals surface area contributed by atoms with Crippen molar-refractivity contribution >= 4 is 40.8 Å². The molecule has 43 heavy (non-hydrogen) atoms. The van der Waals surface area contributed by atoms with Gasteiger partial charge < -0.3 is 21.7 Å². The van der Waals surface area contributed by atoms with E-state index in [1.54, 1.807) is 18.2 Å². The van der Waals surface area contributed by atoms with E-state index in [9.17, 15) is 23.6 Å². The van der Waals surface area contributed by atoms with E-state index >= 15 is 0 Å². The Morgan fingerprint density at radius 2 is 1.74 bits per heavy atom.